The summed E-state index contributed by atoms with van der Waals surface area (Å²) < 4.78 is 4.99. The number of carbonyl (C=O) groups excluding carboxylic acids is 1. The Hall–Kier alpha value is -1.58. The molecule has 0 saturated carbocycles. The maximum atomic E-state index is 10.9. The molecule has 4 nitrogen and oxygen atoms in total. The normalized spacial score (nSPS) is 20.4. The fourth-order valence-corrected chi connectivity index (χ4v) is 1.16. The minimum atomic E-state index is -0.108. The van der Waals surface area contributed by atoms with Gasteiger partial charge in [0, 0.05) is 12.3 Å². The topological polar surface area (TPSA) is 41.9 Å². The van der Waals surface area contributed by atoms with Crippen molar-refractivity contribution in [2.75, 3.05) is 13.7 Å². The van der Waals surface area contributed by atoms with E-state index in [2.05, 4.69) is 4.99 Å². The van der Waals surface area contributed by atoms with E-state index < -0.39 is 0 Å². The molecule has 0 fully saturated rings. The van der Waals surface area contributed by atoms with Gasteiger partial charge in [-0.15, -0.1) is 0 Å². The fraction of sp³-hybridized carbons (Fsp3) is 0.250. The van der Waals surface area contributed by atoms with Crippen molar-refractivity contribution in [3.8, 4) is 0 Å². The van der Waals surface area contributed by atoms with Crippen LogP contribution in [0.3, 0.4) is 0 Å². The highest BCUT2D eigenvalue weighted by Crippen LogP contribution is 2.13. The van der Waals surface area contributed by atoms with E-state index in [1.165, 1.54) is 0 Å². The lowest BCUT2D eigenvalue weighted by Crippen LogP contribution is -2.23. The van der Waals surface area contributed by atoms with E-state index in [0.717, 1.165) is 5.76 Å². The summed E-state index contributed by atoms with van der Waals surface area (Å²) in [6.07, 6.45) is 5.34. The van der Waals surface area contributed by atoms with Crippen LogP contribution in [0.5, 0.6) is 0 Å². The second-order valence-electron chi connectivity index (χ2n) is 2.56. The van der Waals surface area contributed by atoms with Crippen LogP contribution in [0.25, 0.3) is 0 Å². The van der Waals surface area contributed by atoms with Crippen LogP contribution in [-0.4, -0.2) is 30.3 Å². The van der Waals surface area contributed by atoms with Crippen LogP contribution in [0.15, 0.2) is 29.1 Å². The largest absolute Gasteiger partial charge is 0.497 e. The van der Waals surface area contributed by atoms with Gasteiger partial charge in [-0.1, -0.05) is 0 Å². The van der Waals surface area contributed by atoms with Gasteiger partial charge in [0.1, 0.15) is 18.1 Å². The van der Waals surface area contributed by atoms with Crippen LogP contribution in [0.4, 0.5) is 0 Å². The third kappa shape index (κ3) is 1.01. The van der Waals surface area contributed by atoms with E-state index in [1.807, 2.05) is 0 Å². The van der Waals surface area contributed by atoms with Gasteiger partial charge in [-0.2, -0.15) is 4.99 Å². The number of hydrogen-bond acceptors (Lipinski definition) is 3. The first kappa shape index (κ1) is 7.09. The smallest absolute Gasteiger partial charge is 0.267 e. The molecule has 4 heteroatoms. The molecule has 0 unspecified atom stereocenters. The van der Waals surface area contributed by atoms with Crippen molar-refractivity contribution in [1.29, 1.82) is 0 Å². The summed E-state index contributed by atoms with van der Waals surface area (Å²) in [5, 5.41) is 0. The molecule has 2 aliphatic rings. The summed E-state index contributed by atoms with van der Waals surface area (Å²) in [5.74, 6) is 1.28. The third-order valence-corrected chi connectivity index (χ3v) is 1.76. The highest BCUT2D eigenvalue weighted by atomic mass is 16.5. The van der Waals surface area contributed by atoms with Gasteiger partial charge in [0.2, 0.25) is 0 Å². The Morgan fingerprint density at radius 1 is 1.67 bits per heavy atom. The summed E-state index contributed by atoms with van der Waals surface area (Å²) in [5.41, 5.74) is 0. The Morgan fingerprint density at radius 2 is 2.50 bits per heavy atom. The standard InChI is InChI=1S/C8H8N2O2/c1-12-6-2-3-10-5-8(11)9-7(10)4-6/h2-4H,5H2,1H3. The van der Waals surface area contributed by atoms with Gasteiger partial charge in [-0.05, 0) is 6.08 Å². The van der Waals surface area contributed by atoms with E-state index in [9.17, 15) is 4.79 Å². The summed E-state index contributed by atoms with van der Waals surface area (Å²) in [7, 11) is 1.59. The van der Waals surface area contributed by atoms with Crippen molar-refractivity contribution in [3.63, 3.8) is 0 Å². The van der Waals surface area contributed by atoms with Gasteiger partial charge < -0.3 is 9.64 Å². The monoisotopic (exact) mass is 164 g/mol. The van der Waals surface area contributed by atoms with Crippen LogP contribution >= 0.6 is 0 Å². The number of hydrogen-bond donors (Lipinski definition) is 0. The lowest BCUT2D eigenvalue weighted by Gasteiger charge is -2.16. The molecule has 0 radical (unpaired) electrons. The summed E-state index contributed by atoms with van der Waals surface area (Å²) in [6.45, 7) is 0.347. The molecule has 0 spiro atoms. The fourth-order valence-electron chi connectivity index (χ4n) is 1.16. The third-order valence-electron chi connectivity index (χ3n) is 1.76. The second-order valence-corrected chi connectivity index (χ2v) is 2.56. The number of allylic oxidation sites excluding steroid dienone is 1. The average Bonchev–Trinajstić information content (AvgIpc) is 2.43. The van der Waals surface area contributed by atoms with Gasteiger partial charge in [0.05, 0.1) is 7.11 Å². The zero-order chi connectivity index (χ0) is 8.55. The van der Waals surface area contributed by atoms with Crippen molar-refractivity contribution in [2.45, 2.75) is 0 Å². The first-order valence-corrected chi connectivity index (χ1v) is 3.61. The Kier molecular flexibility index (Phi) is 1.46. The maximum Gasteiger partial charge on any atom is 0.267 e. The van der Waals surface area contributed by atoms with Crippen molar-refractivity contribution in [3.05, 3.63) is 24.1 Å². The van der Waals surface area contributed by atoms with E-state index in [-0.39, 0.29) is 5.91 Å². The second kappa shape index (κ2) is 2.48. The molecule has 0 aromatic rings. The number of nitrogens with zero attached hydrogens (tertiary/aromatic N) is 2. The van der Waals surface area contributed by atoms with Crippen LogP contribution < -0.4 is 0 Å². The molecule has 62 valence electrons. The van der Waals surface area contributed by atoms with E-state index >= 15 is 0 Å². The zero-order valence-corrected chi connectivity index (χ0v) is 6.65. The van der Waals surface area contributed by atoms with Gasteiger partial charge >= 0.3 is 0 Å². The Bertz CT molecular complexity index is 315. The number of rotatable bonds is 1. The lowest BCUT2D eigenvalue weighted by molar-refractivity contribution is -0.116. The SMILES string of the molecule is COC1=CC2=NC(=O)CN2C=C1. The molecule has 0 aromatic heterocycles. The first-order valence-electron chi connectivity index (χ1n) is 3.61. The number of fused-ring (bicyclic) bond motifs is 1. The summed E-state index contributed by atoms with van der Waals surface area (Å²) >= 11 is 0. The summed E-state index contributed by atoms with van der Waals surface area (Å²) in [6, 6.07) is 0. The van der Waals surface area contributed by atoms with Crippen LogP contribution in [0, 0.1) is 0 Å². The van der Waals surface area contributed by atoms with Crippen molar-refractivity contribution in [1.82, 2.24) is 4.90 Å². The Balaban J connectivity index is 2.31. The molecule has 0 aromatic carbocycles. The number of amidine groups is 1. The first-order chi connectivity index (χ1) is 5.79. The van der Waals surface area contributed by atoms with Gasteiger partial charge in [-0.3, -0.25) is 4.79 Å². The van der Waals surface area contributed by atoms with Crippen molar-refractivity contribution >= 4 is 11.7 Å². The average molecular weight is 164 g/mol. The van der Waals surface area contributed by atoms with E-state index in [0.29, 0.717) is 12.4 Å². The molecular formula is C8H8N2O2. The minimum absolute atomic E-state index is 0.108. The number of carbonyl (C=O) groups is 1. The van der Waals surface area contributed by atoms with Crippen LogP contribution in [0.2, 0.25) is 0 Å². The molecule has 0 atom stereocenters. The number of amides is 1. The zero-order valence-electron chi connectivity index (χ0n) is 6.65. The van der Waals surface area contributed by atoms with Gasteiger partial charge in [0.25, 0.3) is 5.91 Å². The number of aliphatic imine (C=N–C) groups is 1. The van der Waals surface area contributed by atoms with E-state index in [1.54, 1.807) is 30.4 Å². The van der Waals surface area contributed by atoms with Gasteiger partial charge in [-0.25, -0.2) is 0 Å². The van der Waals surface area contributed by atoms with Crippen LogP contribution in [0.1, 0.15) is 0 Å². The molecular weight excluding hydrogens is 156 g/mol. The van der Waals surface area contributed by atoms with Crippen molar-refractivity contribution < 1.29 is 9.53 Å². The molecule has 0 aliphatic carbocycles. The quantitative estimate of drug-likeness (QED) is 0.559. The molecule has 0 bridgehead atoms. The lowest BCUT2D eigenvalue weighted by atomic mass is 10.3. The molecule has 2 aliphatic heterocycles. The molecule has 2 rings (SSSR count). The summed E-state index contributed by atoms with van der Waals surface area (Å²) in [4.78, 5) is 16.5. The highest BCUT2D eigenvalue weighted by molar-refractivity contribution is 6.08. The molecule has 0 saturated heterocycles. The Morgan fingerprint density at radius 3 is 3.25 bits per heavy atom. The predicted octanol–water partition coefficient (Wildman–Crippen LogP) is 0.285. The Labute approximate surface area is 69.8 Å². The number of ether oxygens (including phenoxy) is 1. The number of methoxy groups -OCH3 is 1. The highest BCUT2D eigenvalue weighted by Gasteiger charge is 2.22. The van der Waals surface area contributed by atoms with Crippen molar-refractivity contribution in [2.24, 2.45) is 4.99 Å². The minimum Gasteiger partial charge on any atom is -0.497 e. The maximum absolute atomic E-state index is 10.9. The predicted molar refractivity (Wildman–Crippen MR) is 43.4 cm³/mol. The molecule has 12 heavy (non-hydrogen) atoms. The molecule has 1 amide bonds. The van der Waals surface area contributed by atoms with Gasteiger partial charge in [0.15, 0.2) is 0 Å². The van der Waals surface area contributed by atoms with E-state index in [4.69, 9.17) is 4.74 Å². The van der Waals surface area contributed by atoms with Crippen LogP contribution in [-0.2, 0) is 9.53 Å². The molecule has 0 N–H and O–H groups in total. The molecule has 2 heterocycles.